The predicted octanol–water partition coefficient (Wildman–Crippen LogP) is 10.1. The molecule has 3 aromatic rings. The maximum absolute atomic E-state index is 5.18. The molecule has 0 amide bonds. The summed E-state index contributed by atoms with van der Waals surface area (Å²) >= 11 is 0. The Morgan fingerprint density at radius 1 is 0.450 bits per heavy atom. The minimum atomic E-state index is -0.0444. The average molecular weight is 535 g/mol. The summed E-state index contributed by atoms with van der Waals surface area (Å²) in [5, 5.41) is 0. The Labute approximate surface area is 240 Å². The molecular formula is C36H46N4. The van der Waals surface area contributed by atoms with E-state index in [9.17, 15) is 0 Å². The lowest BCUT2D eigenvalue weighted by atomic mass is 9.83. The average Bonchev–Trinajstić information content (AvgIpc) is 3.56. The van der Waals surface area contributed by atoms with E-state index in [-0.39, 0.29) is 21.7 Å². The van der Waals surface area contributed by atoms with Gasteiger partial charge in [-0.2, -0.15) is 0 Å². The van der Waals surface area contributed by atoms with E-state index in [1.807, 2.05) is 0 Å². The normalized spacial score (nSPS) is 14.8. The van der Waals surface area contributed by atoms with Gasteiger partial charge in [-0.05, 0) is 92.5 Å². The molecule has 0 spiro atoms. The van der Waals surface area contributed by atoms with Crippen LogP contribution in [0.2, 0.25) is 0 Å². The van der Waals surface area contributed by atoms with Crippen LogP contribution in [0.3, 0.4) is 0 Å². The maximum atomic E-state index is 5.18. The van der Waals surface area contributed by atoms with Gasteiger partial charge >= 0.3 is 0 Å². The number of nitrogens with one attached hydrogen (secondary N) is 2. The van der Waals surface area contributed by atoms with E-state index in [0.717, 1.165) is 44.8 Å². The molecule has 3 aromatic heterocycles. The molecule has 2 aliphatic heterocycles. The SMILES string of the molecule is CC(C)(C)C1=Cc2nc1ccc1nc(c3cc(C(C)(C)C)c(ccc4[nH]c2cc4C(C)(C)C)[nH]3)C=C1C(C)(C)C. The first-order valence-electron chi connectivity index (χ1n) is 14.5. The van der Waals surface area contributed by atoms with E-state index >= 15 is 0 Å². The molecule has 210 valence electrons. The smallest absolute Gasteiger partial charge is 0.0875 e. The summed E-state index contributed by atoms with van der Waals surface area (Å²) in [7, 11) is 0. The van der Waals surface area contributed by atoms with Crippen molar-refractivity contribution in [1.82, 2.24) is 19.9 Å². The third-order valence-corrected chi connectivity index (χ3v) is 7.89. The summed E-state index contributed by atoms with van der Waals surface area (Å²) in [5.74, 6) is 0. The van der Waals surface area contributed by atoms with Gasteiger partial charge in [-0.25, -0.2) is 9.97 Å². The number of hydrogen-bond donors (Lipinski definition) is 2. The van der Waals surface area contributed by atoms with Crippen LogP contribution < -0.4 is 0 Å². The topological polar surface area (TPSA) is 57.4 Å². The second-order valence-electron chi connectivity index (χ2n) is 15.6. The van der Waals surface area contributed by atoms with Gasteiger partial charge in [0.15, 0.2) is 0 Å². The van der Waals surface area contributed by atoms with Gasteiger partial charge in [0, 0.05) is 11.0 Å². The fourth-order valence-electron chi connectivity index (χ4n) is 5.64. The molecule has 0 aliphatic carbocycles. The van der Waals surface area contributed by atoms with Crippen molar-refractivity contribution in [3.05, 3.63) is 70.3 Å². The van der Waals surface area contributed by atoms with Crippen LogP contribution in [0.4, 0.5) is 0 Å². The molecule has 2 N–H and O–H groups in total. The van der Waals surface area contributed by atoms with Crippen LogP contribution in [-0.2, 0) is 10.8 Å². The van der Waals surface area contributed by atoms with Crippen LogP contribution in [-0.4, -0.2) is 19.9 Å². The minimum absolute atomic E-state index is 0.0219. The Hall–Kier alpha value is -3.40. The van der Waals surface area contributed by atoms with Gasteiger partial charge in [0.2, 0.25) is 0 Å². The number of fused-ring (bicyclic) bond motifs is 10. The van der Waals surface area contributed by atoms with Crippen molar-refractivity contribution in [2.24, 2.45) is 10.8 Å². The largest absolute Gasteiger partial charge is 0.354 e. The van der Waals surface area contributed by atoms with Crippen molar-refractivity contribution in [3.63, 3.8) is 0 Å². The number of hydrogen-bond acceptors (Lipinski definition) is 2. The molecule has 4 heteroatoms. The zero-order valence-corrected chi connectivity index (χ0v) is 26.5. The number of nitrogens with zero attached hydrogens (tertiary/aromatic N) is 2. The van der Waals surface area contributed by atoms with Crippen molar-refractivity contribution in [3.8, 4) is 0 Å². The van der Waals surface area contributed by atoms with E-state index in [1.54, 1.807) is 0 Å². The lowest BCUT2D eigenvalue weighted by Gasteiger charge is -2.20. The highest BCUT2D eigenvalue weighted by Crippen LogP contribution is 2.41. The molecule has 0 atom stereocenters. The van der Waals surface area contributed by atoms with Gasteiger partial charge < -0.3 is 9.97 Å². The quantitative estimate of drug-likeness (QED) is 0.301. The Balaban J connectivity index is 1.96. The maximum Gasteiger partial charge on any atom is 0.0875 e. The Morgan fingerprint density at radius 3 is 1.10 bits per heavy atom. The Kier molecular flexibility index (Phi) is 6.37. The molecule has 0 saturated heterocycles. The molecule has 5 rings (SSSR count). The first kappa shape index (κ1) is 28.1. The van der Waals surface area contributed by atoms with Crippen molar-refractivity contribution in [2.45, 2.75) is 93.9 Å². The fourth-order valence-corrected chi connectivity index (χ4v) is 5.64. The van der Waals surface area contributed by atoms with Gasteiger partial charge in [0.1, 0.15) is 0 Å². The number of rotatable bonds is 0. The Bertz CT molecular complexity index is 1580. The zero-order chi connectivity index (χ0) is 29.4. The summed E-state index contributed by atoms with van der Waals surface area (Å²) in [5.41, 5.74) is 13.2. The summed E-state index contributed by atoms with van der Waals surface area (Å²) in [6.07, 6.45) is 4.51. The summed E-state index contributed by atoms with van der Waals surface area (Å²) in [6, 6.07) is 13.3. The van der Waals surface area contributed by atoms with Crippen molar-refractivity contribution in [2.75, 3.05) is 0 Å². The van der Waals surface area contributed by atoms with Gasteiger partial charge in [-0.15, -0.1) is 0 Å². The molecule has 40 heavy (non-hydrogen) atoms. The van der Waals surface area contributed by atoms with Gasteiger partial charge in [-0.1, -0.05) is 83.1 Å². The molecule has 5 heterocycles. The molecule has 0 aromatic carbocycles. The third kappa shape index (κ3) is 5.21. The van der Waals surface area contributed by atoms with Crippen LogP contribution >= 0.6 is 0 Å². The molecular weight excluding hydrogens is 488 g/mol. The molecule has 0 saturated carbocycles. The zero-order valence-electron chi connectivity index (χ0n) is 26.5. The second kappa shape index (κ2) is 9.06. The van der Waals surface area contributed by atoms with Crippen LogP contribution in [0.25, 0.3) is 45.4 Å². The predicted molar refractivity (Wildman–Crippen MR) is 173 cm³/mol. The van der Waals surface area contributed by atoms with Crippen LogP contribution in [0, 0.1) is 10.8 Å². The van der Waals surface area contributed by atoms with E-state index in [4.69, 9.17) is 9.97 Å². The minimum Gasteiger partial charge on any atom is -0.354 e. The van der Waals surface area contributed by atoms with E-state index < -0.39 is 0 Å². The summed E-state index contributed by atoms with van der Waals surface area (Å²) in [6.45, 7) is 27.2. The molecule has 2 aliphatic rings. The molecule has 0 radical (unpaired) electrons. The molecule has 8 bridgehead atoms. The van der Waals surface area contributed by atoms with Crippen molar-refractivity contribution < 1.29 is 0 Å². The highest BCUT2D eigenvalue weighted by atomic mass is 14.8. The standard InChI is InChI=1S/C36H46N4/c1-33(2,3)21-17-29-30-18-22(34(4,5)6)27(38-30)15-16-28-24(36(10,11)12)20-32(40-28)31-19-23(35(7,8)9)26(39-31)14-13-25(21)37-29/h13-20,37,39H,1-12H3. The van der Waals surface area contributed by atoms with Gasteiger partial charge in [-0.3, -0.25) is 0 Å². The summed E-state index contributed by atoms with van der Waals surface area (Å²) < 4.78 is 0. The van der Waals surface area contributed by atoms with Crippen LogP contribution in [0.1, 0.15) is 117 Å². The monoisotopic (exact) mass is 534 g/mol. The number of allylic oxidation sites excluding steroid dienone is 2. The van der Waals surface area contributed by atoms with E-state index in [1.165, 1.54) is 22.3 Å². The highest BCUT2D eigenvalue weighted by Gasteiger charge is 2.27. The number of H-pyrrole nitrogens is 2. The first-order chi connectivity index (χ1) is 18.3. The van der Waals surface area contributed by atoms with Crippen LogP contribution in [0.5, 0.6) is 0 Å². The second-order valence-corrected chi connectivity index (χ2v) is 15.6. The molecule has 0 fully saturated rings. The van der Waals surface area contributed by atoms with Crippen LogP contribution in [0.15, 0.2) is 36.4 Å². The van der Waals surface area contributed by atoms with Crippen molar-refractivity contribution in [1.29, 1.82) is 0 Å². The number of aromatic nitrogens is 4. The highest BCUT2D eigenvalue weighted by molar-refractivity contribution is 5.92. The van der Waals surface area contributed by atoms with E-state index in [2.05, 4.69) is 142 Å². The third-order valence-electron chi connectivity index (χ3n) is 7.89. The van der Waals surface area contributed by atoms with Crippen molar-refractivity contribution >= 4 is 45.4 Å². The van der Waals surface area contributed by atoms with E-state index in [0.29, 0.717) is 0 Å². The first-order valence-corrected chi connectivity index (χ1v) is 14.5. The number of aromatic amines is 2. The van der Waals surface area contributed by atoms with Gasteiger partial charge in [0.05, 0.1) is 33.8 Å². The summed E-state index contributed by atoms with van der Waals surface area (Å²) in [4.78, 5) is 17.8. The Morgan fingerprint density at radius 2 is 0.800 bits per heavy atom. The lowest BCUT2D eigenvalue weighted by Crippen LogP contribution is -2.10. The lowest BCUT2D eigenvalue weighted by molar-refractivity contribution is 0.567. The molecule has 0 unspecified atom stereocenters. The fraction of sp³-hybridized carbons (Fsp3) is 0.444. The van der Waals surface area contributed by atoms with Gasteiger partial charge in [0.25, 0.3) is 0 Å². The molecule has 4 nitrogen and oxygen atoms in total.